The van der Waals surface area contributed by atoms with Gasteiger partial charge in [-0.05, 0) is 62.6 Å². The average Bonchev–Trinajstić information content (AvgIpc) is 3.31. The second-order valence-electron chi connectivity index (χ2n) is 7.65. The fraction of sp³-hybridized carbons (Fsp3) is 0.350. The van der Waals surface area contributed by atoms with Crippen LogP contribution in [0.15, 0.2) is 42.5 Å². The van der Waals surface area contributed by atoms with Crippen molar-refractivity contribution < 1.29 is 8.94 Å². The molecule has 136 valence electrons. The summed E-state index contributed by atoms with van der Waals surface area (Å²) in [5.41, 5.74) is 7.89. The molecule has 3 N–H and O–H groups in total. The Morgan fingerprint density at radius 3 is 2.38 bits per heavy atom. The Balaban J connectivity index is 2.00. The van der Waals surface area contributed by atoms with Gasteiger partial charge in [-0.3, -0.25) is 0 Å². The number of nitrogens with zero attached hydrogens (tertiary/aromatic N) is 1. The highest BCUT2D eigenvalue weighted by atomic mass is 32.2. The first-order chi connectivity index (χ1) is 12.2. The third kappa shape index (κ3) is 3.30. The molecule has 4 nitrogen and oxygen atoms in total. The van der Waals surface area contributed by atoms with E-state index in [2.05, 4.69) is 10.8 Å². The quantitative estimate of drug-likeness (QED) is 0.637. The molecule has 0 aliphatic heterocycles. The van der Waals surface area contributed by atoms with Crippen molar-refractivity contribution in [1.29, 1.82) is 5.26 Å². The van der Waals surface area contributed by atoms with Gasteiger partial charge < -0.3 is 10.3 Å². The predicted octanol–water partition coefficient (Wildman–Crippen LogP) is 3.39. The van der Waals surface area contributed by atoms with Crippen molar-refractivity contribution in [2.24, 2.45) is 0 Å². The van der Waals surface area contributed by atoms with Gasteiger partial charge in [0.2, 0.25) is 0 Å². The molecule has 0 amide bonds. The summed E-state index contributed by atoms with van der Waals surface area (Å²) in [5, 5.41) is 9.03. The Labute approximate surface area is 156 Å². The predicted molar refractivity (Wildman–Crippen MR) is 102 cm³/mol. The van der Waals surface area contributed by atoms with Crippen LogP contribution in [-0.2, 0) is 16.8 Å². The highest BCUT2D eigenvalue weighted by Crippen LogP contribution is 2.54. The minimum absolute atomic E-state index is 0.0552. The Bertz CT molecular complexity index is 857. The maximum absolute atomic E-state index is 13.6. The molecule has 3 atom stereocenters. The van der Waals surface area contributed by atoms with Gasteiger partial charge in [0.15, 0.2) is 0 Å². The van der Waals surface area contributed by atoms with E-state index >= 15 is 0 Å². The molecular weight excluding hydrogens is 349 g/mol. The maximum atomic E-state index is 13.6. The van der Waals surface area contributed by atoms with Crippen LogP contribution in [-0.4, -0.2) is 15.3 Å². The van der Waals surface area contributed by atoms with Crippen LogP contribution >= 0.6 is 0 Å². The topological polar surface area (TPSA) is 84.9 Å². The van der Waals surface area contributed by atoms with Crippen LogP contribution in [0.25, 0.3) is 0 Å². The normalized spacial score (nSPS) is 23.3. The summed E-state index contributed by atoms with van der Waals surface area (Å²) in [6.07, 6.45) is 0.728. The molecule has 6 heteroatoms. The number of halogens is 1. The number of rotatable bonds is 4. The lowest BCUT2D eigenvalue weighted by molar-refractivity contribution is 0.539. The van der Waals surface area contributed by atoms with E-state index in [-0.39, 0.29) is 16.5 Å². The van der Waals surface area contributed by atoms with Crippen molar-refractivity contribution in [3.63, 3.8) is 0 Å². The van der Waals surface area contributed by atoms with Crippen molar-refractivity contribution in [2.45, 2.75) is 43.4 Å². The molecule has 1 aliphatic rings. The van der Waals surface area contributed by atoms with Crippen LogP contribution in [0.4, 0.5) is 10.1 Å². The molecule has 0 heterocycles. The maximum Gasteiger partial charge on any atom is 0.146 e. The number of anilines is 1. The summed E-state index contributed by atoms with van der Waals surface area (Å²) in [4.78, 5) is 0. The van der Waals surface area contributed by atoms with Crippen LogP contribution in [0, 0.1) is 17.1 Å². The van der Waals surface area contributed by atoms with Crippen LogP contribution in [0.3, 0.4) is 0 Å². The molecule has 0 aromatic heterocycles. The van der Waals surface area contributed by atoms with Gasteiger partial charge in [0.05, 0.1) is 23.4 Å². The molecule has 1 aliphatic carbocycles. The summed E-state index contributed by atoms with van der Waals surface area (Å²) >= 11 is -1.22. The van der Waals surface area contributed by atoms with Gasteiger partial charge in [-0.15, -0.1) is 4.72 Å². The SMILES string of the molecule is CC(C)(C)[S+]([O-])NC1CC1(c1ccc(C#N)cc1)c1ccc(F)c(N)c1. The lowest BCUT2D eigenvalue weighted by Gasteiger charge is -2.26. The Kier molecular flexibility index (Phi) is 4.74. The van der Waals surface area contributed by atoms with Gasteiger partial charge in [-0.1, -0.05) is 18.2 Å². The molecule has 3 rings (SSSR count). The molecular formula is C20H22FN3OS. The van der Waals surface area contributed by atoms with E-state index in [1.54, 1.807) is 24.3 Å². The summed E-state index contributed by atoms with van der Waals surface area (Å²) in [6.45, 7) is 5.74. The lowest BCUT2D eigenvalue weighted by atomic mass is 9.86. The van der Waals surface area contributed by atoms with Crippen molar-refractivity contribution in [1.82, 2.24) is 4.72 Å². The van der Waals surface area contributed by atoms with Gasteiger partial charge in [0.25, 0.3) is 0 Å². The third-order valence-corrected chi connectivity index (χ3v) is 6.42. The molecule has 1 saturated carbocycles. The van der Waals surface area contributed by atoms with Crippen molar-refractivity contribution in [3.8, 4) is 6.07 Å². The minimum atomic E-state index is -1.22. The minimum Gasteiger partial charge on any atom is -0.598 e. The average molecular weight is 371 g/mol. The fourth-order valence-electron chi connectivity index (χ4n) is 3.18. The van der Waals surface area contributed by atoms with E-state index in [0.29, 0.717) is 5.56 Å². The highest BCUT2D eigenvalue weighted by Gasteiger charge is 2.59. The Hall–Kier alpha value is -2.07. The zero-order valence-corrected chi connectivity index (χ0v) is 15.9. The van der Waals surface area contributed by atoms with Gasteiger partial charge in [-0.25, -0.2) is 4.39 Å². The van der Waals surface area contributed by atoms with Crippen molar-refractivity contribution >= 4 is 17.0 Å². The molecule has 2 aromatic carbocycles. The number of nitrogen functional groups attached to an aromatic ring is 1. The standard InChI is InChI=1S/C20H22FN3OS/c1-19(2,3)26(25)24-18-11-20(18,14-6-4-13(12-22)5-7-14)15-8-9-16(21)17(23)10-15/h4-10,18,24H,11,23H2,1-3H3. The first kappa shape index (κ1) is 18.7. The fourth-order valence-corrected chi connectivity index (χ4v) is 4.08. The van der Waals surface area contributed by atoms with Gasteiger partial charge in [0.1, 0.15) is 10.6 Å². The molecule has 1 fully saturated rings. The molecule has 0 bridgehead atoms. The second-order valence-corrected chi connectivity index (χ2v) is 9.65. The summed E-state index contributed by atoms with van der Waals surface area (Å²) in [7, 11) is 0. The Morgan fingerprint density at radius 2 is 1.85 bits per heavy atom. The second kappa shape index (κ2) is 6.58. The number of nitrogens with two attached hydrogens (primary N) is 1. The number of nitrogens with one attached hydrogen (secondary N) is 1. The van der Waals surface area contributed by atoms with Gasteiger partial charge in [0, 0.05) is 16.8 Å². The first-order valence-corrected chi connectivity index (χ1v) is 9.57. The monoisotopic (exact) mass is 371 g/mol. The van der Waals surface area contributed by atoms with Crippen LogP contribution in [0.1, 0.15) is 43.9 Å². The molecule has 0 radical (unpaired) electrons. The van der Waals surface area contributed by atoms with E-state index in [0.717, 1.165) is 17.5 Å². The van der Waals surface area contributed by atoms with Gasteiger partial charge in [-0.2, -0.15) is 5.26 Å². The summed E-state index contributed by atoms with van der Waals surface area (Å²) in [5.74, 6) is -0.452. The first-order valence-electron chi connectivity index (χ1n) is 8.42. The van der Waals surface area contributed by atoms with Crippen LogP contribution < -0.4 is 10.5 Å². The summed E-state index contributed by atoms with van der Waals surface area (Å²) in [6, 6.07) is 14.1. The molecule has 0 spiro atoms. The highest BCUT2D eigenvalue weighted by molar-refractivity contribution is 7.90. The molecule has 3 unspecified atom stereocenters. The third-order valence-electron chi connectivity index (χ3n) is 4.81. The van der Waals surface area contributed by atoms with Crippen LogP contribution in [0.5, 0.6) is 0 Å². The van der Waals surface area contributed by atoms with Gasteiger partial charge >= 0.3 is 0 Å². The van der Waals surface area contributed by atoms with E-state index < -0.39 is 22.6 Å². The molecule has 0 saturated heterocycles. The van der Waals surface area contributed by atoms with Crippen molar-refractivity contribution in [3.05, 3.63) is 65.0 Å². The van der Waals surface area contributed by atoms with E-state index in [1.807, 2.05) is 32.9 Å². The lowest BCUT2D eigenvalue weighted by Crippen LogP contribution is -2.42. The zero-order chi connectivity index (χ0) is 19.1. The number of benzene rings is 2. The summed E-state index contributed by atoms with van der Waals surface area (Å²) < 4.78 is 29.0. The smallest absolute Gasteiger partial charge is 0.146 e. The van der Waals surface area contributed by atoms with E-state index in [1.165, 1.54) is 6.07 Å². The van der Waals surface area contributed by atoms with E-state index in [4.69, 9.17) is 11.0 Å². The zero-order valence-electron chi connectivity index (χ0n) is 15.0. The van der Waals surface area contributed by atoms with Crippen LogP contribution in [0.2, 0.25) is 0 Å². The largest absolute Gasteiger partial charge is 0.598 e. The molecule has 26 heavy (non-hydrogen) atoms. The molecule has 2 aromatic rings. The van der Waals surface area contributed by atoms with Crippen molar-refractivity contribution in [2.75, 3.05) is 5.73 Å². The number of hydrogen-bond acceptors (Lipinski definition) is 4. The Morgan fingerprint density at radius 1 is 1.23 bits per heavy atom. The van der Waals surface area contributed by atoms with E-state index in [9.17, 15) is 8.94 Å². The number of hydrogen-bond donors (Lipinski definition) is 2. The number of nitriles is 1.